The first-order chi connectivity index (χ1) is 12.5. The maximum Gasteiger partial charge on any atom is 0.352 e. The molecule has 26 heavy (non-hydrogen) atoms. The molecule has 0 radical (unpaired) electrons. The van der Waals surface area contributed by atoms with Crippen LogP contribution in [0.2, 0.25) is 0 Å². The summed E-state index contributed by atoms with van der Waals surface area (Å²) in [5.41, 5.74) is 5.63. The zero-order chi connectivity index (χ0) is 18.6. The molecule has 0 saturated carbocycles. The molecular weight excluding hydrogens is 341 g/mol. The lowest BCUT2D eigenvalue weighted by molar-refractivity contribution is 0.585. The van der Waals surface area contributed by atoms with Crippen LogP contribution < -0.4 is 15.3 Å². The van der Waals surface area contributed by atoms with Gasteiger partial charge < -0.3 is 15.3 Å². The topological polar surface area (TPSA) is 53.2 Å². The second-order valence-corrected chi connectivity index (χ2v) is 8.33. The van der Waals surface area contributed by atoms with Gasteiger partial charge in [-0.15, -0.1) is 0 Å². The Morgan fingerprint density at radius 2 is 1.19 bits per heavy atom. The molecule has 3 rings (SSSR count). The summed E-state index contributed by atoms with van der Waals surface area (Å²) in [6.07, 6.45) is 0. The van der Waals surface area contributed by atoms with Crippen LogP contribution in [0.5, 0.6) is 0 Å². The minimum atomic E-state index is -3.21. The third-order valence-electron chi connectivity index (χ3n) is 4.15. The highest BCUT2D eigenvalue weighted by Gasteiger charge is 2.23. The van der Waals surface area contributed by atoms with Gasteiger partial charge in [-0.1, -0.05) is 48.5 Å². The fraction of sp³-hybridized carbons (Fsp3) is 0.143. The van der Waals surface area contributed by atoms with E-state index in [9.17, 15) is 4.57 Å². The third-order valence-corrected chi connectivity index (χ3v) is 5.84. The first-order valence-corrected chi connectivity index (χ1v) is 10.3. The Bertz CT molecular complexity index is 904. The fourth-order valence-electron chi connectivity index (χ4n) is 2.72. The number of anilines is 3. The summed E-state index contributed by atoms with van der Waals surface area (Å²) in [5, 5.41) is 9.58. The standard InChI is InChI=1S/C21H24N3OP/c1-16-9-8-12-19(15-16)22-26(25,23-20-13-6-4-10-17(20)2)24-21-14-7-5-11-18(21)3/h4-15H,1-3H3,(H3,22,23,24,25). The zero-order valence-corrected chi connectivity index (χ0v) is 16.2. The van der Waals surface area contributed by atoms with Crippen LogP contribution in [0.4, 0.5) is 17.1 Å². The average molecular weight is 365 g/mol. The highest BCUT2D eigenvalue weighted by Crippen LogP contribution is 2.46. The van der Waals surface area contributed by atoms with Gasteiger partial charge in [0.25, 0.3) is 0 Å². The maximum atomic E-state index is 13.8. The molecule has 0 bridgehead atoms. The van der Waals surface area contributed by atoms with Crippen LogP contribution in [0.3, 0.4) is 0 Å². The van der Waals surface area contributed by atoms with Gasteiger partial charge in [0.2, 0.25) is 0 Å². The van der Waals surface area contributed by atoms with Gasteiger partial charge in [-0.05, 0) is 61.7 Å². The lowest BCUT2D eigenvalue weighted by Gasteiger charge is -2.25. The van der Waals surface area contributed by atoms with Crippen LogP contribution >= 0.6 is 7.59 Å². The van der Waals surface area contributed by atoms with Gasteiger partial charge in [0.05, 0.1) is 0 Å². The molecule has 0 aliphatic heterocycles. The molecule has 0 aliphatic carbocycles. The average Bonchev–Trinajstić information content (AvgIpc) is 2.59. The summed E-state index contributed by atoms with van der Waals surface area (Å²) in [4.78, 5) is 0. The van der Waals surface area contributed by atoms with E-state index >= 15 is 0 Å². The smallest absolute Gasteiger partial charge is 0.304 e. The van der Waals surface area contributed by atoms with E-state index in [1.165, 1.54) is 0 Å². The summed E-state index contributed by atoms with van der Waals surface area (Å²) in [6.45, 7) is 6.00. The van der Waals surface area contributed by atoms with Crippen LogP contribution in [0.1, 0.15) is 16.7 Å². The van der Waals surface area contributed by atoms with Crippen molar-refractivity contribution in [2.75, 3.05) is 15.3 Å². The number of benzene rings is 3. The number of nitrogens with one attached hydrogen (secondary N) is 3. The number of para-hydroxylation sites is 2. The Hall–Kier alpha value is -2.71. The molecule has 0 amide bonds. The first kappa shape index (κ1) is 18.1. The third kappa shape index (κ3) is 4.47. The van der Waals surface area contributed by atoms with E-state index in [2.05, 4.69) is 15.3 Å². The predicted molar refractivity (Wildman–Crippen MR) is 112 cm³/mol. The normalized spacial score (nSPS) is 11.0. The molecule has 3 N–H and O–H groups in total. The van der Waals surface area contributed by atoms with Crippen LogP contribution in [-0.4, -0.2) is 0 Å². The Morgan fingerprint density at radius 1 is 0.654 bits per heavy atom. The van der Waals surface area contributed by atoms with Gasteiger partial charge in [-0.2, -0.15) is 0 Å². The Morgan fingerprint density at radius 3 is 1.69 bits per heavy atom. The molecule has 0 unspecified atom stereocenters. The molecule has 3 aromatic rings. The van der Waals surface area contributed by atoms with Crippen LogP contribution in [0.15, 0.2) is 72.8 Å². The van der Waals surface area contributed by atoms with E-state index < -0.39 is 7.59 Å². The predicted octanol–water partition coefficient (Wildman–Crippen LogP) is 6.36. The van der Waals surface area contributed by atoms with Gasteiger partial charge in [0.15, 0.2) is 0 Å². The van der Waals surface area contributed by atoms with Crippen LogP contribution in [0.25, 0.3) is 0 Å². The van der Waals surface area contributed by atoms with Gasteiger partial charge in [0, 0.05) is 17.1 Å². The number of aryl methyl sites for hydroxylation is 3. The molecule has 3 aromatic carbocycles. The Kier molecular flexibility index (Phi) is 5.34. The van der Waals surface area contributed by atoms with E-state index in [0.717, 1.165) is 33.8 Å². The fourth-order valence-corrected chi connectivity index (χ4v) is 4.57. The molecule has 0 fully saturated rings. The minimum Gasteiger partial charge on any atom is -0.304 e. The van der Waals surface area contributed by atoms with E-state index in [1.807, 2.05) is 93.6 Å². The molecule has 4 nitrogen and oxygen atoms in total. The van der Waals surface area contributed by atoms with Crippen molar-refractivity contribution in [1.82, 2.24) is 0 Å². The van der Waals surface area contributed by atoms with Crippen molar-refractivity contribution < 1.29 is 4.57 Å². The summed E-state index contributed by atoms with van der Waals surface area (Å²) >= 11 is 0. The quantitative estimate of drug-likeness (QED) is 0.445. The monoisotopic (exact) mass is 365 g/mol. The lowest BCUT2D eigenvalue weighted by Crippen LogP contribution is -2.15. The van der Waals surface area contributed by atoms with E-state index in [1.54, 1.807) is 0 Å². The highest BCUT2D eigenvalue weighted by atomic mass is 31.2. The van der Waals surface area contributed by atoms with E-state index in [4.69, 9.17) is 0 Å². The van der Waals surface area contributed by atoms with Crippen molar-refractivity contribution in [2.45, 2.75) is 20.8 Å². The van der Waals surface area contributed by atoms with Crippen molar-refractivity contribution in [3.8, 4) is 0 Å². The van der Waals surface area contributed by atoms with Crippen molar-refractivity contribution in [1.29, 1.82) is 0 Å². The molecule has 0 aromatic heterocycles. The molecule has 0 heterocycles. The van der Waals surface area contributed by atoms with E-state index in [-0.39, 0.29) is 0 Å². The first-order valence-electron chi connectivity index (χ1n) is 8.58. The van der Waals surface area contributed by atoms with Gasteiger partial charge >= 0.3 is 7.59 Å². The largest absolute Gasteiger partial charge is 0.352 e. The van der Waals surface area contributed by atoms with Crippen molar-refractivity contribution in [3.63, 3.8) is 0 Å². The summed E-state index contributed by atoms with van der Waals surface area (Å²) < 4.78 is 13.8. The molecule has 0 saturated heterocycles. The SMILES string of the molecule is Cc1cccc(NP(=O)(Nc2ccccc2C)Nc2ccccc2C)c1. The number of hydrogen-bond donors (Lipinski definition) is 3. The second kappa shape index (κ2) is 7.67. The molecule has 134 valence electrons. The van der Waals surface area contributed by atoms with Gasteiger partial charge in [-0.25, -0.2) is 0 Å². The molecule has 0 spiro atoms. The second-order valence-electron chi connectivity index (χ2n) is 6.44. The van der Waals surface area contributed by atoms with Gasteiger partial charge in [0.1, 0.15) is 0 Å². The number of rotatable bonds is 6. The summed E-state index contributed by atoms with van der Waals surface area (Å²) in [5.74, 6) is 0. The van der Waals surface area contributed by atoms with Crippen LogP contribution in [-0.2, 0) is 4.57 Å². The summed E-state index contributed by atoms with van der Waals surface area (Å²) in [6, 6.07) is 23.5. The minimum absolute atomic E-state index is 0.801. The zero-order valence-electron chi connectivity index (χ0n) is 15.3. The Balaban J connectivity index is 1.96. The summed E-state index contributed by atoms with van der Waals surface area (Å²) in [7, 11) is -3.21. The highest BCUT2D eigenvalue weighted by molar-refractivity contribution is 7.68. The van der Waals surface area contributed by atoms with Crippen molar-refractivity contribution in [3.05, 3.63) is 89.5 Å². The molecular formula is C21H24N3OP. The van der Waals surface area contributed by atoms with Crippen molar-refractivity contribution >= 4 is 24.7 Å². The lowest BCUT2D eigenvalue weighted by atomic mass is 10.2. The maximum absolute atomic E-state index is 13.8. The molecule has 0 atom stereocenters. The van der Waals surface area contributed by atoms with Crippen molar-refractivity contribution in [2.24, 2.45) is 0 Å². The van der Waals surface area contributed by atoms with Crippen LogP contribution in [0, 0.1) is 20.8 Å². The molecule has 5 heteroatoms. The van der Waals surface area contributed by atoms with E-state index in [0.29, 0.717) is 0 Å². The number of hydrogen-bond acceptors (Lipinski definition) is 1. The molecule has 0 aliphatic rings. The Labute approximate surface area is 155 Å². The van der Waals surface area contributed by atoms with Gasteiger partial charge in [-0.3, -0.25) is 4.57 Å².